The zero-order chi connectivity index (χ0) is 14.1. The van der Waals surface area contributed by atoms with Crippen LogP contribution < -0.4 is 4.74 Å². The lowest BCUT2D eigenvalue weighted by atomic mass is 10.1. The van der Waals surface area contributed by atoms with Crippen molar-refractivity contribution >= 4 is 11.3 Å². The molecule has 2 heterocycles. The van der Waals surface area contributed by atoms with Crippen LogP contribution in [-0.4, -0.2) is 22.4 Å². The summed E-state index contributed by atoms with van der Waals surface area (Å²) in [5, 5.41) is 16.9. The van der Waals surface area contributed by atoms with Crippen LogP contribution in [0.5, 0.6) is 11.5 Å². The van der Waals surface area contributed by atoms with Gasteiger partial charge in [-0.25, -0.2) is 4.98 Å². The molecule has 1 N–H and O–H groups in total. The second kappa shape index (κ2) is 4.97. The van der Waals surface area contributed by atoms with Crippen molar-refractivity contribution < 1.29 is 14.4 Å². The maximum atomic E-state index is 10.1. The van der Waals surface area contributed by atoms with E-state index in [1.54, 1.807) is 31.5 Å². The van der Waals surface area contributed by atoms with Crippen molar-refractivity contribution in [3.63, 3.8) is 0 Å². The molecule has 20 heavy (non-hydrogen) atoms. The van der Waals surface area contributed by atoms with E-state index in [1.165, 1.54) is 11.3 Å². The first-order chi connectivity index (χ1) is 9.70. The van der Waals surface area contributed by atoms with E-state index in [2.05, 4.69) is 10.1 Å². The molecule has 0 saturated heterocycles. The van der Waals surface area contributed by atoms with Crippen LogP contribution in [0.1, 0.15) is 5.76 Å². The second-order valence-electron chi connectivity index (χ2n) is 4.18. The quantitative estimate of drug-likeness (QED) is 0.799. The third kappa shape index (κ3) is 2.04. The molecule has 0 aliphatic heterocycles. The number of rotatable bonds is 3. The molecule has 1 aromatic carbocycles. The van der Waals surface area contributed by atoms with Crippen LogP contribution in [-0.2, 0) is 0 Å². The molecule has 0 bridgehead atoms. The number of aromatic nitrogens is 2. The lowest BCUT2D eigenvalue weighted by Gasteiger charge is -2.05. The standard InChI is InChI=1S/C14H12N2O3S/c1-8-12(14-15-5-6-20-14)13(16-19-8)10-4-3-9(18-2)7-11(10)17/h3-7,17H,1-2H3. The lowest BCUT2D eigenvalue weighted by Crippen LogP contribution is -1.87. The van der Waals surface area contributed by atoms with E-state index in [-0.39, 0.29) is 5.75 Å². The largest absolute Gasteiger partial charge is 0.507 e. The molecule has 0 unspecified atom stereocenters. The van der Waals surface area contributed by atoms with Gasteiger partial charge in [-0.3, -0.25) is 0 Å². The summed E-state index contributed by atoms with van der Waals surface area (Å²) in [6, 6.07) is 5.07. The van der Waals surface area contributed by atoms with Gasteiger partial charge in [0.1, 0.15) is 28.0 Å². The van der Waals surface area contributed by atoms with Gasteiger partial charge in [0, 0.05) is 23.2 Å². The van der Waals surface area contributed by atoms with Crippen LogP contribution in [0.3, 0.4) is 0 Å². The van der Waals surface area contributed by atoms with Crippen LogP contribution in [0.4, 0.5) is 0 Å². The number of phenols is 1. The maximum Gasteiger partial charge on any atom is 0.144 e. The molecule has 102 valence electrons. The van der Waals surface area contributed by atoms with Gasteiger partial charge in [-0.15, -0.1) is 11.3 Å². The predicted molar refractivity (Wildman–Crippen MR) is 76.0 cm³/mol. The molecule has 0 amide bonds. The third-order valence-corrected chi connectivity index (χ3v) is 3.76. The number of thiazole rings is 1. The summed E-state index contributed by atoms with van der Waals surface area (Å²) < 4.78 is 10.3. The highest BCUT2D eigenvalue weighted by atomic mass is 32.1. The minimum Gasteiger partial charge on any atom is -0.507 e. The Hall–Kier alpha value is -2.34. The van der Waals surface area contributed by atoms with Gasteiger partial charge in [0.15, 0.2) is 0 Å². The lowest BCUT2D eigenvalue weighted by molar-refractivity contribution is 0.398. The van der Waals surface area contributed by atoms with Crippen molar-refractivity contribution in [1.29, 1.82) is 0 Å². The SMILES string of the molecule is COc1ccc(-c2noc(C)c2-c2nccs2)c(O)c1. The molecule has 6 heteroatoms. The van der Waals surface area contributed by atoms with Gasteiger partial charge < -0.3 is 14.4 Å². The Labute approximate surface area is 119 Å². The molecule has 0 saturated carbocycles. The van der Waals surface area contributed by atoms with Crippen LogP contribution in [0.15, 0.2) is 34.3 Å². The molecule has 2 aromatic heterocycles. The Bertz CT molecular complexity index is 735. The molecule has 0 radical (unpaired) electrons. The van der Waals surface area contributed by atoms with E-state index >= 15 is 0 Å². The number of aromatic hydroxyl groups is 1. The minimum atomic E-state index is 0.0930. The number of ether oxygens (including phenoxy) is 1. The van der Waals surface area contributed by atoms with Crippen molar-refractivity contribution in [3.05, 3.63) is 35.5 Å². The fourth-order valence-electron chi connectivity index (χ4n) is 1.99. The van der Waals surface area contributed by atoms with Crippen LogP contribution in [0, 0.1) is 6.92 Å². The van der Waals surface area contributed by atoms with Crippen molar-refractivity contribution in [3.8, 4) is 33.3 Å². The summed E-state index contributed by atoms with van der Waals surface area (Å²) >= 11 is 1.50. The Balaban J connectivity index is 2.16. The van der Waals surface area contributed by atoms with Crippen molar-refractivity contribution in [2.75, 3.05) is 7.11 Å². The normalized spacial score (nSPS) is 10.7. The molecule has 5 nitrogen and oxygen atoms in total. The first-order valence-electron chi connectivity index (χ1n) is 5.94. The topological polar surface area (TPSA) is 68.4 Å². The molecule has 0 aliphatic rings. The van der Waals surface area contributed by atoms with Gasteiger partial charge in [0.2, 0.25) is 0 Å². The molecule has 3 rings (SSSR count). The van der Waals surface area contributed by atoms with E-state index in [4.69, 9.17) is 9.26 Å². The number of aryl methyl sites for hydroxylation is 1. The average molecular weight is 288 g/mol. The van der Waals surface area contributed by atoms with Crippen LogP contribution in [0.25, 0.3) is 21.8 Å². The van der Waals surface area contributed by atoms with E-state index in [0.717, 1.165) is 10.6 Å². The highest BCUT2D eigenvalue weighted by Gasteiger charge is 2.20. The zero-order valence-corrected chi connectivity index (χ0v) is 11.8. The summed E-state index contributed by atoms with van der Waals surface area (Å²) in [5.74, 6) is 1.35. The summed E-state index contributed by atoms with van der Waals surface area (Å²) in [4.78, 5) is 4.28. The van der Waals surface area contributed by atoms with E-state index < -0.39 is 0 Å². The fraction of sp³-hybridized carbons (Fsp3) is 0.143. The molecule has 0 spiro atoms. The number of hydrogen-bond acceptors (Lipinski definition) is 6. The Morgan fingerprint density at radius 3 is 2.85 bits per heavy atom. The van der Waals surface area contributed by atoms with Crippen LogP contribution in [0.2, 0.25) is 0 Å². The molecule has 0 fully saturated rings. The van der Waals surface area contributed by atoms with Crippen molar-refractivity contribution in [2.24, 2.45) is 0 Å². The Kier molecular flexibility index (Phi) is 3.15. The molecular formula is C14H12N2O3S. The number of phenolic OH excluding ortho intramolecular Hbond substituents is 1. The van der Waals surface area contributed by atoms with Gasteiger partial charge in [0.05, 0.1) is 12.7 Å². The third-order valence-electron chi connectivity index (χ3n) is 2.97. The average Bonchev–Trinajstić information content (AvgIpc) is 3.07. The summed E-state index contributed by atoms with van der Waals surface area (Å²) in [7, 11) is 1.55. The minimum absolute atomic E-state index is 0.0930. The number of benzene rings is 1. The maximum absolute atomic E-state index is 10.1. The zero-order valence-electron chi connectivity index (χ0n) is 11.0. The fourth-order valence-corrected chi connectivity index (χ4v) is 2.72. The van der Waals surface area contributed by atoms with Crippen molar-refractivity contribution in [1.82, 2.24) is 10.1 Å². The molecule has 0 atom stereocenters. The smallest absolute Gasteiger partial charge is 0.144 e. The van der Waals surface area contributed by atoms with E-state index in [0.29, 0.717) is 22.8 Å². The summed E-state index contributed by atoms with van der Waals surface area (Å²) in [6.45, 7) is 1.83. The number of methoxy groups -OCH3 is 1. The highest BCUT2D eigenvalue weighted by molar-refractivity contribution is 7.13. The molecule has 0 aliphatic carbocycles. The number of hydrogen-bond donors (Lipinski definition) is 1. The molecule has 3 aromatic rings. The van der Waals surface area contributed by atoms with E-state index in [9.17, 15) is 5.11 Å². The van der Waals surface area contributed by atoms with Gasteiger partial charge >= 0.3 is 0 Å². The van der Waals surface area contributed by atoms with Gasteiger partial charge in [0.25, 0.3) is 0 Å². The van der Waals surface area contributed by atoms with Gasteiger partial charge in [-0.2, -0.15) is 0 Å². The van der Waals surface area contributed by atoms with Gasteiger partial charge in [-0.05, 0) is 19.1 Å². The van der Waals surface area contributed by atoms with E-state index in [1.807, 2.05) is 12.3 Å². The van der Waals surface area contributed by atoms with Crippen LogP contribution >= 0.6 is 11.3 Å². The van der Waals surface area contributed by atoms with Crippen molar-refractivity contribution in [2.45, 2.75) is 6.92 Å². The molecular weight excluding hydrogens is 276 g/mol. The predicted octanol–water partition coefficient (Wildman–Crippen LogP) is 3.49. The number of nitrogens with zero attached hydrogens (tertiary/aromatic N) is 2. The highest BCUT2D eigenvalue weighted by Crippen LogP contribution is 2.39. The monoisotopic (exact) mass is 288 g/mol. The summed E-state index contributed by atoms with van der Waals surface area (Å²) in [6.07, 6.45) is 1.73. The summed E-state index contributed by atoms with van der Waals surface area (Å²) in [5.41, 5.74) is 1.98. The Morgan fingerprint density at radius 2 is 2.20 bits per heavy atom. The first-order valence-corrected chi connectivity index (χ1v) is 6.82. The van der Waals surface area contributed by atoms with Gasteiger partial charge in [-0.1, -0.05) is 5.16 Å². The Morgan fingerprint density at radius 1 is 1.35 bits per heavy atom. The second-order valence-corrected chi connectivity index (χ2v) is 5.08. The first kappa shape index (κ1) is 12.7.